The predicted octanol–water partition coefficient (Wildman–Crippen LogP) is 3.29. The van der Waals surface area contributed by atoms with Crippen molar-refractivity contribution in [2.75, 3.05) is 13.7 Å². The van der Waals surface area contributed by atoms with Gasteiger partial charge in [0, 0.05) is 24.1 Å². The summed E-state index contributed by atoms with van der Waals surface area (Å²) in [5.41, 5.74) is 1.60. The van der Waals surface area contributed by atoms with Gasteiger partial charge < -0.3 is 8.92 Å². The van der Waals surface area contributed by atoms with Gasteiger partial charge in [-0.2, -0.15) is 12.7 Å². The molecule has 0 radical (unpaired) electrons. The van der Waals surface area contributed by atoms with E-state index in [-0.39, 0.29) is 35.1 Å². The Morgan fingerprint density at radius 2 is 1.72 bits per heavy atom. The van der Waals surface area contributed by atoms with E-state index in [1.807, 2.05) is 6.92 Å². The van der Waals surface area contributed by atoms with Crippen LogP contribution in [0.2, 0.25) is 0 Å². The third kappa shape index (κ3) is 4.07. The summed E-state index contributed by atoms with van der Waals surface area (Å²) in [6.45, 7) is 1.62. The molecule has 2 aliphatic heterocycles. The minimum Gasteiger partial charge on any atom is -0.493 e. The second kappa shape index (κ2) is 9.00. The first-order valence-electron chi connectivity index (χ1n) is 11.2. The summed E-state index contributed by atoms with van der Waals surface area (Å²) in [6.07, 6.45) is -1.46. The van der Waals surface area contributed by atoms with E-state index in [0.29, 0.717) is 11.1 Å². The quantitative estimate of drug-likeness (QED) is 0.452. The van der Waals surface area contributed by atoms with Crippen molar-refractivity contribution in [3.63, 3.8) is 0 Å². The summed E-state index contributed by atoms with van der Waals surface area (Å²) in [5.74, 6) is -0.215. The smallest absolute Gasteiger partial charge is 0.387 e. The molecule has 3 aromatic rings. The van der Waals surface area contributed by atoms with Crippen LogP contribution in [0.1, 0.15) is 34.1 Å². The van der Waals surface area contributed by atoms with Crippen molar-refractivity contribution in [1.29, 1.82) is 0 Å². The van der Waals surface area contributed by atoms with E-state index in [1.54, 1.807) is 54.6 Å². The van der Waals surface area contributed by atoms with Gasteiger partial charge >= 0.3 is 10.3 Å². The topological polar surface area (TPSA) is 110 Å². The van der Waals surface area contributed by atoms with E-state index in [0.717, 1.165) is 14.2 Å². The van der Waals surface area contributed by atoms with E-state index < -0.39 is 32.5 Å². The Hall–Kier alpha value is -3.25. The minimum atomic E-state index is -4.47. The van der Waals surface area contributed by atoms with Crippen LogP contribution in [-0.4, -0.2) is 50.9 Å². The van der Waals surface area contributed by atoms with Crippen molar-refractivity contribution < 1.29 is 30.6 Å². The normalized spacial score (nSPS) is 21.3. The van der Waals surface area contributed by atoms with Gasteiger partial charge in [-0.05, 0) is 25.1 Å². The van der Waals surface area contributed by atoms with Crippen LogP contribution >= 0.6 is 0 Å². The summed E-state index contributed by atoms with van der Waals surface area (Å²) in [7, 11) is -7.25. The van der Waals surface area contributed by atoms with Crippen molar-refractivity contribution in [2.45, 2.75) is 30.4 Å². The predicted molar refractivity (Wildman–Crippen MR) is 131 cm³/mol. The molecule has 188 valence electrons. The number of nitrogens with zero attached hydrogens (tertiary/aromatic N) is 2. The second-order valence-corrected chi connectivity index (χ2v) is 12.0. The summed E-state index contributed by atoms with van der Waals surface area (Å²) >= 11 is 0. The van der Waals surface area contributed by atoms with Crippen molar-refractivity contribution in [3.8, 4) is 11.5 Å². The van der Waals surface area contributed by atoms with Gasteiger partial charge in [0.15, 0.2) is 17.3 Å². The lowest BCUT2D eigenvalue weighted by Crippen LogP contribution is -2.45. The number of ether oxygens (including phenoxy) is 1. The highest BCUT2D eigenvalue weighted by molar-refractivity contribution is 7.89. The molecule has 2 aliphatic rings. The van der Waals surface area contributed by atoms with Crippen LogP contribution < -0.4 is 8.92 Å². The lowest BCUT2D eigenvalue weighted by Gasteiger charge is -2.35. The average molecular weight is 529 g/mol. The zero-order chi connectivity index (χ0) is 25.7. The number of Topliss-reactive ketones (excluding diaryl/α,β-unsaturated/α-hetero) is 1. The molecule has 0 unspecified atom stereocenters. The van der Waals surface area contributed by atoms with E-state index in [4.69, 9.17) is 8.92 Å². The molecule has 0 saturated carbocycles. The molecule has 0 N–H and O–H groups in total. The minimum absolute atomic E-state index is 0.0245. The molecule has 0 bridgehead atoms. The van der Waals surface area contributed by atoms with Crippen molar-refractivity contribution in [1.82, 2.24) is 8.61 Å². The van der Waals surface area contributed by atoms with Gasteiger partial charge in [0.05, 0.1) is 18.0 Å². The lowest BCUT2D eigenvalue weighted by molar-refractivity contribution is 0.0956. The molecule has 0 spiro atoms. The maximum atomic E-state index is 13.8. The fourth-order valence-corrected chi connectivity index (χ4v) is 7.74. The highest BCUT2D eigenvalue weighted by atomic mass is 32.2. The highest BCUT2D eigenvalue weighted by Gasteiger charge is 2.56. The Labute approximate surface area is 210 Å². The molecule has 3 aromatic carbocycles. The molecule has 1 fully saturated rings. The van der Waals surface area contributed by atoms with Crippen LogP contribution in [-0.2, 0) is 20.3 Å². The Balaban J connectivity index is 1.64. The molecule has 36 heavy (non-hydrogen) atoms. The molecular weight excluding hydrogens is 504 g/mol. The van der Waals surface area contributed by atoms with Gasteiger partial charge in [0.25, 0.3) is 0 Å². The van der Waals surface area contributed by atoms with E-state index in [9.17, 15) is 21.6 Å². The molecule has 1 saturated heterocycles. The third-order valence-corrected chi connectivity index (χ3v) is 9.59. The molecule has 2 heterocycles. The Bertz CT molecular complexity index is 1520. The maximum absolute atomic E-state index is 13.8. The van der Waals surface area contributed by atoms with Crippen molar-refractivity contribution in [3.05, 3.63) is 89.5 Å². The summed E-state index contributed by atoms with van der Waals surface area (Å²) in [5, 5.41) is 0. The molecule has 5 rings (SSSR count). The van der Waals surface area contributed by atoms with Crippen LogP contribution in [0.25, 0.3) is 0 Å². The summed E-state index contributed by atoms with van der Waals surface area (Å²) in [4.78, 5) is 13.1. The first-order valence-corrected chi connectivity index (χ1v) is 14.0. The van der Waals surface area contributed by atoms with Crippen LogP contribution in [0.5, 0.6) is 11.5 Å². The number of para-hydroxylation sites is 1. The number of carbonyl (C=O) groups is 1. The van der Waals surface area contributed by atoms with Gasteiger partial charge in [-0.25, -0.2) is 8.42 Å². The molecular formula is C25H24N2O7S2. The van der Waals surface area contributed by atoms with Crippen molar-refractivity contribution in [2.24, 2.45) is 0 Å². The number of aryl methyl sites for hydroxylation is 1. The van der Waals surface area contributed by atoms with Crippen LogP contribution in [0, 0.1) is 6.92 Å². The van der Waals surface area contributed by atoms with Gasteiger partial charge in [-0.15, -0.1) is 4.31 Å². The first kappa shape index (κ1) is 24.4. The SMILES string of the molecule is COc1cccc2c1OS(=O)(=O)N1[C@H](CC(=O)c3ccccc3)CN(S(=O)(=O)c3ccc(C)cc3)[C@@H]21. The fraction of sp³-hybridized carbons (Fsp3) is 0.240. The number of hydrogen-bond donors (Lipinski definition) is 0. The monoisotopic (exact) mass is 528 g/mol. The van der Waals surface area contributed by atoms with E-state index >= 15 is 0 Å². The third-order valence-electron chi connectivity index (χ3n) is 6.36. The van der Waals surface area contributed by atoms with E-state index in [2.05, 4.69) is 0 Å². The zero-order valence-electron chi connectivity index (χ0n) is 19.6. The molecule has 2 atom stereocenters. The van der Waals surface area contributed by atoms with Crippen LogP contribution in [0.15, 0.2) is 77.7 Å². The zero-order valence-corrected chi connectivity index (χ0v) is 21.2. The fourth-order valence-electron chi connectivity index (χ4n) is 4.63. The molecule has 0 aliphatic carbocycles. The van der Waals surface area contributed by atoms with E-state index in [1.165, 1.54) is 25.3 Å². The van der Waals surface area contributed by atoms with Crippen LogP contribution in [0.3, 0.4) is 0 Å². The number of sulfonamides is 1. The van der Waals surface area contributed by atoms with Gasteiger partial charge in [0.2, 0.25) is 10.0 Å². The lowest BCUT2D eigenvalue weighted by atomic mass is 10.0. The van der Waals surface area contributed by atoms with Gasteiger partial charge in [-0.3, -0.25) is 4.79 Å². The molecule has 11 heteroatoms. The van der Waals surface area contributed by atoms with Gasteiger partial charge in [-0.1, -0.05) is 60.2 Å². The number of methoxy groups -OCH3 is 1. The number of fused-ring (bicyclic) bond motifs is 3. The summed E-state index contributed by atoms with van der Waals surface area (Å²) < 4.78 is 67.2. The number of benzene rings is 3. The highest BCUT2D eigenvalue weighted by Crippen LogP contribution is 2.50. The number of ketones is 1. The molecule has 0 aromatic heterocycles. The average Bonchev–Trinajstić information content (AvgIpc) is 3.26. The molecule has 9 nitrogen and oxygen atoms in total. The number of carbonyl (C=O) groups excluding carboxylic acids is 1. The Kier molecular flexibility index (Phi) is 6.11. The second-order valence-electron chi connectivity index (χ2n) is 8.66. The summed E-state index contributed by atoms with van der Waals surface area (Å²) in [6, 6.07) is 18.6. The number of rotatable bonds is 6. The standard InChI is InChI=1S/C25H24N2O7S2/c1-17-11-13-20(14-12-17)35(29,30)26-16-19(15-22(28)18-7-4-3-5-8-18)27-25(26)21-9-6-10-23(33-2)24(21)34-36(27,31)32/h3-14,19,25H,15-16H2,1-2H3/t19-,25-/m1/s1. The Morgan fingerprint density at radius 1 is 1.03 bits per heavy atom. The van der Waals surface area contributed by atoms with Crippen LogP contribution in [0.4, 0.5) is 0 Å². The molecule has 0 amide bonds. The largest absolute Gasteiger partial charge is 0.493 e. The number of hydrogen-bond acceptors (Lipinski definition) is 7. The van der Waals surface area contributed by atoms with Crippen molar-refractivity contribution >= 4 is 26.1 Å². The maximum Gasteiger partial charge on any atom is 0.387 e. The Morgan fingerprint density at radius 3 is 2.39 bits per heavy atom. The van der Waals surface area contributed by atoms with Gasteiger partial charge in [0.1, 0.15) is 6.17 Å². The first-order chi connectivity index (χ1) is 17.1.